The van der Waals surface area contributed by atoms with Crippen LogP contribution in [0.5, 0.6) is 17.2 Å². The number of benzene rings is 3. The Hall–Kier alpha value is -3.69. The van der Waals surface area contributed by atoms with Crippen molar-refractivity contribution >= 4 is 81.3 Å². The van der Waals surface area contributed by atoms with E-state index in [4.69, 9.17) is 74.7 Å². The van der Waals surface area contributed by atoms with Gasteiger partial charge in [0, 0.05) is 105 Å². The van der Waals surface area contributed by atoms with Gasteiger partial charge in [0.05, 0.1) is 71.9 Å². The van der Waals surface area contributed by atoms with Crippen LogP contribution in [0, 0.1) is 35.5 Å². The van der Waals surface area contributed by atoms with E-state index < -0.39 is 5.24 Å². The molecule has 0 radical (unpaired) electrons. The molecule has 3 aromatic carbocycles. The Balaban J connectivity index is 0.000000168. The van der Waals surface area contributed by atoms with Gasteiger partial charge in [0.15, 0.2) is 0 Å². The molecule has 3 aromatic rings. The van der Waals surface area contributed by atoms with Crippen molar-refractivity contribution in [2.24, 2.45) is 41.2 Å². The Labute approximate surface area is 533 Å². The summed E-state index contributed by atoms with van der Waals surface area (Å²) in [6.07, 6.45) is 19.6. The van der Waals surface area contributed by atoms with Crippen LogP contribution in [0.4, 0.5) is 17.1 Å². The zero-order chi connectivity index (χ0) is 59.7. The van der Waals surface area contributed by atoms with Gasteiger partial charge >= 0.3 is 0 Å². The van der Waals surface area contributed by atoms with Crippen molar-refractivity contribution in [3.8, 4) is 17.2 Å². The average molecular weight is 1280 g/mol. The first-order valence-electron chi connectivity index (χ1n) is 31.6. The Morgan fingerprint density at radius 3 is 1.22 bits per heavy atom. The summed E-state index contributed by atoms with van der Waals surface area (Å²) in [5, 5.41) is 8.92. The second kappa shape index (κ2) is 36.8. The summed E-state index contributed by atoms with van der Waals surface area (Å²) in [6.45, 7) is 16.7. The Morgan fingerprint density at radius 2 is 0.872 bits per heavy atom. The Morgan fingerprint density at radius 1 is 0.523 bits per heavy atom. The predicted octanol–water partition coefficient (Wildman–Crippen LogP) is 9.95. The maximum atomic E-state index is 12.6. The van der Waals surface area contributed by atoms with Gasteiger partial charge in [0.25, 0.3) is 0 Å². The van der Waals surface area contributed by atoms with Gasteiger partial charge in [0.1, 0.15) is 23.1 Å². The second-order valence-corrected chi connectivity index (χ2v) is 26.1. The minimum Gasteiger partial charge on any atom is -0.493 e. The van der Waals surface area contributed by atoms with Crippen molar-refractivity contribution in [2.75, 3.05) is 153 Å². The number of nitrogens with one attached hydrogen (secondary N) is 3. The fourth-order valence-electron chi connectivity index (χ4n) is 15.0. The molecule has 8 bridgehead atoms. The van der Waals surface area contributed by atoms with Crippen molar-refractivity contribution in [3.63, 3.8) is 0 Å². The van der Waals surface area contributed by atoms with Crippen molar-refractivity contribution in [2.45, 2.75) is 107 Å². The molecule has 3 saturated heterocycles. The first kappa shape index (κ1) is 69.8. The van der Waals surface area contributed by atoms with E-state index in [0.717, 1.165) is 189 Å². The van der Waals surface area contributed by atoms with Gasteiger partial charge in [-0.2, -0.15) is 0 Å². The summed E-state index contributed by atoms with van der Waals surface area (Å²) in [7, 11) is 0. The fraction of sp³-hybridized carbons (Fsp3) is 0.677. The molecule has 0 spiro atoms. The molecule has 14 rings (SSSR count). The molecule has 8 saturated carbocycles. The summed E-state index contributed by atoms with van der Waals surface area (Å²) in [5.74, 6) is 7.82. The Bertz CT molecular complexity index is 2410. The molecule has 21 heteroatoms. The van der Waals surface area contributed by atoms with Crippen LogP contribution < -0.4 is 41.6 Å². The lowest BCUT2D eigenvalue weighted by atomic mass is 9.53. The monoisotopic (exact) mass is 1270 g/mol. The number of halogens is 4. The van der Waals surface area contributed by atoms with E-state index in [1.54, 1.807) is 6.07 Å². The van der Waals surface area contributed by atoms with Gasteiger partial charge in [-0.25, -0.2) is 0 Å². The zero-order valence-corrected chi connectivity index (χ0v) is 53.6. The number of alkyl halides is 2. The van der Waals surface area contributed by atoms with Gasteiger partial charge in [-0.05, 0) is 180 Å². The molecule has 11 aliphatic rings. The Kier molecular flexibility index (Phi) is 29.9. The molecule has 11 fully saturated rings. The lowest BCUT2D eigenvalue weighted by Gasteiger charge is -2.57. The van der Waals surface area contributed by atoms with Crippen molar-refractivity contribution in [1.82, 2.24) is 20.0 Å². The van der Waals surface area contributed by atoms with E-state index in [2.05, 4.69) is 30.7 Å². The molecule has 2 amide bonds. The fourth-order valence-corrected chi connectivity index (χ4v) is 15.1. The second-order valence-electron chi connectivity index (χ2n) is 25.1. The molecule has 86 heavy (non-hydrogen) atoms. The van der Waals surface area contributed by atoms with Crippen LogP contribution in [0.3, 0.4) is 0 Å². The number of carbonyl (C=O) groups excluding carboxylic acids is 3. The van der Waals surface area contributed by atoms with E-state index >= 15 is 0 Å². The summed E-state index contributed by atoms with van der Waals surface area (Å²) in [5.41, 5.74) is 14.8. The number of rotatable bonds is 22. The van der Waals surface area contributed by atoms with E-state index in [-0.39, 0.29) is 41.5 Å². The van der Waals surface area contributed by atoms with Crippen LogP contribution >= 0.6 is 47.2 Å². The molecule has 0 unspecified atom stereocenters. The van der Waals surface area contributed by atoms with Gasteiger partial charge in [0.2, 0.25) is 17.1 Å². The first-order chi connectivity index (χ1) is 41.3. The number of morpholine rings is 3. The molecule has 3 aliphatic heterocycles. The van der Waals surface area contributed by atoms with Crippen LogP contribution in [-0.2, 0) is 28.6 Å². The molecule has 3 heterocycles. The first-order valence-corrected chi connectivity index (χ1v) is 33.0. The van der Waals surface area contributed by atoms with Crippen LogP contribution in [-0.4, -0.2) is 180 Å². The highest BCUT2D eigenvalue weighted by molar-refractivity contribution is 6.67. The molecule has 480 valence electrons. The van der Waals surface area contributed by atoms with Gasteiger partial charge in [-0.15, -0.1) is 35.6 Å². The molecular weight excluding hydrogens is 1180 g/mol. The van der Waals surface area contributed by atoms with Crippen molar-refractivity contribution in [1.29, 1.82) is 0 Å². The van der Waals surface area contributed by atoms with E-state index in [9.17, 15) is 14.4 Å². The van der Waals surface area contributed by atoms with Crippen LogP contribution in [0.25, 0.3) is 0 Å². The summed E-state index contributed by atoms with van der Waals surface area (Å²) in [4.78, 5) is 40.5. The minimum atomic E-state index is -0.508. The number of hydrogen-bond donors (Lipinski definition) is 5. The molecule has 17 nitrogen and oxygen atoms in total. The minimum absolute atomic E-state index is 0. The molecule has 8 aliphatic carbocycles. The molecular formula is C65H98Cl4N8O9. The number of nitrogen functional groups attached to an aromatic ring is 1. The maximum Gasteiger partial charge on any atom is 0.239 e. The van der Waals surface area contributed by atoms with Crippen molar-refractivity contribution < 1.29 is 42.8 Å². The van der Waals surface area contributed by atoms with Crippen molar-refractivity contribution in [3.05, 3.63) is 72.8 Å². The summed E-state index contributed by atoms with van der Waals surface area (Å²) < 4.78 is 33.3. The number of anilines is 3. The smallest absolute Gasteiger partial charge is 0.239 e. The lowest BCUT2D eigenvalue weighted by Crippen LogP contribution is -2.59. The number of ether oxygens (including phenoxy) is 6. The third-order valence-electron chi connectivity index (χ3n) is 18.0. The van der Waals surface area contributed by atoms with E-state index in [1.165, 1.54) is 77.0 Å². The predicted molar refractivity (Wildman–Crippen MR) is 347 cm³/mol. The van der Waals surface area contributed by atoms with E-state index in [0.29, 0.717) is 31.0 Å². The highest BCUT2D eigenvalue weighted by atomic mass is 35.5. The summed E-state index contributed by atoms with van der Waals surface area (Å²) in [6, 6.07) is 22.7. The third kappa shape index (κ3) is 24.6. The molecule has 7 N–H and O–H groups in total. The van der Waals surface area contributed by atoms with Crippen LogP contribution in [0.15, 0.2) is 72.8 Å². The highest BCUT2D eigenvalue weighted by Gasteiger charge is 2.51. The topological polar surface area (TPSA) is 204 Å². The zero-order valence-electron chi connectivity index (χ0n) is 50.6. The average Bonchev–Trinajstić information content (AvgIpc) is 0.884. The number of nitrogens with zero attached hydrogens (tertiary/aromatic N) is 3. The number of nitrogens with two attached hydrogens (primary N) is 2. The highest BCUT2D eigenvalue weighted by Crippen LogP contribution is 2.56. The van der Waals surface area contributed by atoms with Crippen LogP contribution in [0.1, 0.15) is 96.3 Å². The molecule has 0 atom stereocenters. The third-order valence-corrected chi connectivity index (χ3v) is 18.8. The quantitative estimate of drug-likeness (QED) is 0.0275. The molecule has 0 aromatic heterocycles. The number of hydrogen-bond acceptors (Lipinski definition) is 15. The normalized spacial score (nSPS) is 26.9. The SMILES string of the molecule is Cl.NC12CC3CC(CC(C3)C1)C2.Nc1cccc(OCCCN2CCOCC2)c1.O=C(CCl)Nc1cccc(OCCCN2CCOCC2)c1.O=C(CNC12CC3CC(CC(C3)C1)C2)Nc1cccc(OCCCN2CCOCC2)c1.O=C(Cl)CCl. The van der Waals surface area contributed by atoms with Gasteiger partial charge in [-0.3, -0.25) is 29.1 Å². The van der Waals surface area contributed by atoms with Gasteiger partial charge < -0.3 is 55.8 Å². The summed E-state index contributed by atoms with van der Waals surface area (Å²) >= 11 is 15.0. The maximum absolute atomic E-state index is 12.6. The van der Waals surface area contributed by atoms with Crippen LogP contribution in [0.2, 0.25) is 0 Å². The standard InChI is InChI=1S/C25H37N3O3.C15H21ClN2O3.C13H20N2O2.C10H17N.C2H2Cl2O.ClH/c29-24(18-26-25-15-19-11-20(16-25)13-21(12-19)17-25)27-22-3-1-4-23(14-22)31-8-2-5-28-6-9-30-10-7-28;16-12-15(19)17-13-3-1-4-14(11-13)21-8-2-5-18-6-9-20-10-7-18;14-12-3-1-4-13(11-12)17-8-2-5-15-6-9-16-10-7-15;11-10-4-7-1-8(5-10)3-9(2-7)6-10;3-1-2(4)5;/h1,3-4,14,19-21,26H,2,5-13,15-18H2,(H,27,29);1,3-4,11H,2,5-10,12H2,(H,17,19);1,3-4,11H,2,5-10,14H2;7-9H,1-6,11H2;1H2;1H. The largest absolute Gasteiger partial charge is 0.493 e. The van der Waals surface area contributed by atoms with Gasteiger partial charge in [-0.1, -0.05) is 18.2 Å². The lowest BCUT2D eigenvalue weighted by molar-refractivity contribution is -0.116. The number of amides is 2. The number of carbonyl (C=O) groups is 3. The van der Waals surface area contributed by atoms with E-state index in [1.807, 2.05) is 66.7 Å².